The zero-order chi connectivity index (χ0) is 12.3. The van der Waals surface area contributed by atoms with Crippen LogP contribution in [-0.2, 0) is 0 Å². The molecule has 0 N–H and O–H groups in total. The van der Waals surface area contributed by atoms with Crippen LogP contribution in [-0.4, -0.2) is 60.3 Å². The number of hydrogen-bond acceptors (Lipinski definition) is 4. The van der Waals surface area contributed by atoms with Gasteiger partial charge in [-0.3, -0.25) is 9.69 Å². The van der Waals surface area contributed by atoms with Gasteiger partial charge in [0.1, 0.15) is 4.60 Å². The van der Waals surface area contributed by atoms with E-state index in [4.69, 9.17) is 0 Å². The Morgan fingerprint density at radius 3 is 2.76 bits per heavy atom. The van der Waals surface area contributed by atoms with Crippen molar-refractivity contribution < 1.29 is 4.79 Å². The number of hydrogen-bond donors (Lipinski definition) is 0. The summed E-state index contributed by atoms with van der Waals surface area (Å²) in [4.78, 5) is 20.6. The van der Waals surface area contributed by atoms with E-state index < -0.39 is 0 Å². The minimum Gasteiger partial charge on any atom is -0.304 e. The number of aromatic nitrogens is 1. The van der Waals surface area contributed by atoms with Crippen LogP contribution < -0.4 is 0 Å². The second-order valence-electron chi connectivity index (χ2n) is 4.34. The Labute approximate surface area is 110 Å². The maximum absolute atomic E-state index is 12.1. The molecule has 0 aliphatic carbocycles. The van der Waals surface area contributed by atoms with E-state index in [9.17, 15) is 4.79 Å². The van der Waals surface area contributed by atoms with Crippen molar-refractivity contribution in [2.45, 2.75) is 0 Å². The summed E-state index contributed by atoms with van der Waals surface area (Å²) in [6.45, 7) is 4.46. The normalized spacial score (nSPS) is 18.2. The van der Waals surface area contributed by atoms with Crippen LogP contribution in [0.25, 0.3) is 0 Å². The second-order valence-corrected chi connectivity index (χ2v) is 5.10. The lowest BCUT2D eigenvalue weighted by Crippen LogP contribution is -2.46. The Balaban J connectivity index is 1.96. The van der Waals surface area contributed by atoms with E-state index in [-0.39, 0.29) is 5.78 Å². The van der Waals surface area contributed by atoms with E-state index in [0.29, 0.717) is 16.7 Å². The molecule has 1 fully saturated rings. The summed E-state index contributed by atoms with van der Waals surface area (Å²) in [5, 5.41) is 0. The number of halogens is 1. The number of carbonyl (C=O) groups excluding carboxylic acids is 1. The van der Waals surface area contributed by atoms with Crippen LogP contribution in [0.3, 0.4) is 0 Å². The summed E-state index contributed by atoms with van der Waals surface area (Å²) >= 11 is 3.31. The van der Waals surface area contributed by atoms with E-state index in [1.54, 1.807) is 12.3 Å². The molecule has 1 aliphatic heterocycles. The van der Waals surface area contributed by atoms with E-state index >= 15 is 0 Å². The monoisotopic (exact) mass is 297 g/mol. The quantitative estimate of drug-likeness (QED) is 0.622. The van der Waals surface area contributed by atoms with Gasteiger partial charge in [-0.1, -0.05) is 0 Å². The van der Waals surface area contributed by atoms with Crippen LogP contribution in [0.2, 0.25) is 0 Å². The van der Waals surface area contributed by atoms with Gasteiger partial charge in [0.15, 0.2) is 5.78 Å². The van der Waals surface area contributed by atoms with Crippen molar-refractivity contribution in [1.82, 2.24) is 14.8 Å². The molecule has 1 aliphatic rings. The molecular weight excluding hydrogens is 282 g/mol. The van der Waals surface area contributed by atoms with Crippen molar-refractivity contribution in [2.24, 2.45) is 0 Å². The third-order valence-electron chi connectivity index (χ3n) is 3.02. The van der Waals surface area contributed by atoms with Gasteiger partial charge in [-0.2, -0.15) is 0 Å². The smallest absolute Gasteiger partial charge is 0.179 e. The van der Waals surface area contributed by atoms with Crippen LogP contribution in [0.1, 0.15) is 10.4 Å². The zero-order valence-electron chi connectivity index (χ0n) is 9.90. The highest BCUT2D eigenvalue weighted by Crippen LogP contribution is 2.14. The fraction of sp³-hybridized carbons (Fsp3) is 0.500. The SMILES string of the molecule is CN1CCN(CC(=O)c2cccnc2Br)CC1. The Hall–Kier alpha value is -0.780. The molecule has 0 unspecified atom stereocenters. The summed E-state index contributed by atoms with van der Waals surface area (Å²) in [5.41, 5.74) is 0.673. The van der Waals surface area contributed by atoms with Crippen LogP contribution in [0.5, 0.6) is 0 Å². The number of Topliss-reactive ketones (excluding diaryl/α,β-unsaturated/α-hetero) is 1. The summed E-state index contributed by atoms with van der Waals surface area (Å²) in [6.07, 6.45) is 1.68. The first-order valence-corrected chi connectivity index (χ1v) is 6.51. The Bertz CT molecular complexity index is 402. The van der Waals surface area contributed by atoms with Gasteiger partial charge in [-0.25, -0.2) is 4.98 Å². The number of piperazine rings is 1. The number of pyridine rings is 1. The van der Waals surface area contributed by atoms with E-state index in [0.717, 1.165) is 26.2 Å². The minimum absolute atomic E-state index is 0.134. The van der Waals surface area contributed by atoms with Gasteiger partial charge in [-0.15, -0.1) is 0 Å². The molecule has 1 aromatic rings. The standard InChI is InChI=1S/C12H16BrN3O/c1-15-5-7-16(8-6-15)9-11(17)10-3-2-4-14-12(10)13/h2-4H,5-9H2,1H3. The molecule has 1 aromatic heterocycles. The molecule has 92 valence electrons. The average molecular weight is 298 g/mol. The molecule has 0 atom stereocenters. The Morgan fingerprint density at radius 2 is 2.12 bits per heavy atom. The highest BCUT2D eigenvalue weighted by molar-refractivity contribution is 9.10. The first-order valence-electron chi connectivity index (χ1n) is 5.71. The van der Waals surface area contributed by atoms with Gasteiger partial charge in [-0.05, 0) is 35.1 Å². The molecule has 0 spiro atoms. The summed E-state index contributed by atoms with van der Waals surface area (Å²) < 4.78 is 0.638. The molecule has 5 heteroatoms. The highest BCUT2D eigenvalue weighted by Gasteiger charge is 2.18. The fourth-order valence-corrected chi connectivity index (χ4v) is 2.36. The lowest BCUT2D eigenvalue weighted by Gasteiger charge is -2.31. The predicted octanol–water partition coefficient (Wildman–Crippen LogP) is 1.27. The summed E-state index contributed by atoms with van der Waals surface area (Å²) in [7, 11) is 2.11. The van der Waals surface area contributed by atoms with Crippen molar-refractivity contribution in [2.75, 3.05) is 39.8 Å². The third-order valence-corrected chi connectivity index (χ3v) is 3.65. The third kappa shape index (κ3) is 3.34. The lowest BCUT2D eigenvalue weighted by atomic mass is 10.1. The van der Waals surface area contributed by atoms with E-state index in [1.165, 1.54) is 0 Å². The first-order chi connectivity index (χ1) is 8.16. The molecule has 0 aromatic carbocycles. The topological polar surface area (TPSA) is 36.4 Å². The Morgan fingerprint density at radius 1 is 1.41 bits per heavy atom. The average Bonchev–Trinajstić information content (AvgIpc) is 2.32. The summed E-state index contributed by atoms with van der Waals surface area (Å²) in [5.74, 6) is 0.134. The number of rotatable bonds is 3. The van der Waals surface area contributed by atoms with Crippen LogP contribution in [0.15, 0.2) is 22.9 Å². The maximum atomic E-state index is 12.1. The molecule has 4 nitrogen and oxygen atoms in total. The van der Waals surface area contributed by atoms with Gasteiger partial charge in [0.25, 0.3) is 0 Å². The molecule has 1 saturated heterocycles. The first kappa shape index (κ1) is 12.7. The van der Waals surface area contributed by atoms with Crippen molar-refractivity contribution in [3.05, 3.63) is 28.5 Å². The molecule has 0 bridgehead atoms. The molecule has 0 saturated carbocycles. The van der Waals surface area contributed by atoms with Crippen LogP contribution >= 0.6 is 15.9 Å². The molecular formula is C12H16BrN3O. The Kier molecular flexibility index (Phi) is 4.25. The van der Waals surface area contributed by atoms with E-state index in [1.807, 2.05) is 6.07 Å². The summed E-state index contributed by atoms with van der Waals surface area (Å²) in [6, 6.07) is 3.61. The van der Waals surface area contributed by atoms with Gasteiger partial charge < -0.3 is 4.90 Å². The van der Waals surface area contributed by atoms with Gasteiger partial charge >= 0.3 is 0 Å². The number of likely N-dealkylation sites (N-methyl/N-ethyl adjacent to an activating group) is 1. The molecule has 2 heterocycles. The number of nitrogens with zero attached hydrogens (tertiary/aromatic N) is 3. The zero-order valence-corrected chi connectivity index (χ0v) is 11.5. The van der Waals surface area contributed by atoms with Crippen molar-refractivity contribution in [3.63, 3.8) is 0 Å². The minimum atomic E-state index is 0.134. The number of carbonyl (C=O) groups is 1. The second kappa shape index (κ2) is 5.71. The largest absolute Gasteiger partial charge is 0.304 e. The lowest BCUT2D eigenvalue weighted by molar-refractivity contribution is 0.0875. The maximum Gasteiger partial charge on any atom is 0.179 e. The van der Waals surface area contributed by atoms with Crippen LogP contribution in [0.4, 0.5) is 0 Å². The van der Waals surface area contributed by atoms with Crippen molar-refractivity contribution in [1.29, 1.82) is 0 Å². The highest BCUT2D eigenvalue weighted by atomic mass is 79.9. The predicted molar refractivity (Wildman–Crippen MR) is 70.2 cm³/mol. The van der Waals surface area contributed by atoms with Gasteiger partial charge in [0.05, 0.1) is 12.1 Å². The van der Waals surface area contributed by atoms with Gasteiger partial charge in [0.2, 0.25) is 0 Å². The van der Waals surface area contributed by atoms with Crippen molar-refractivity contribution >= 4 is 21.7 Å². The van der Waals surface area contributed by atoms with Crippen molar-refractivity contribution in [3.8, 4) is 0 Å². The number of ketones is 1. The van der Waals surface area contributed by atoms with E-state index in [2.05, 4.69) is 37.8 Å². The molecule has 2 rings (SSSR count). The van der Waals surface area contributed by atoms with Gasteiger partial charge in [0, 0.05) is 32.4 Å². The fourth-order valence-electron chi connectivity index (χ4n) is 1.89. The van der Waals surface area contributed by atoms with Crippen LogP contribution in [0, 0.1) is 0 Å². The molecule has 0 amide bonds. The molecule has 0 radical (unpaired) electrons. The molecule has 17 heavy (non-hydrogen) atoms.